The predicted molar refractivity (Wildman–Crippen MR) is 65.4 cm³/mol. The predicted octanol–water partition coefficient (Wildman–Crippen LogP) is 0.322. The van der Waals surface area contributed by atoms with Gasteiger partial charge in [0.05, 0.1) is 0 Å². The Morgan fingerprint density at radius 3 is 2.40 bits per heavy atom. The molecule has 0 rings (SSSR count). The molecule has 0 aliphatic heterocycles. The number of rotatable bonds is 7. The lowest BCUT2D eigenvalue weighted by atomic mass is 10.3. The van der Waals surface area contributed by atoms with Gasteiger partial charge < -0.3 is 5.73 Å². The standard InChI is InChI=1S/C8H21N3O2S.ClH/c1-4-5-6-11(3)14(12,13)10-8(2)7-9;/h8,10H,4-7,9H2,1-3H3;1H/t8-;/m0./s1. The van der Waals surface area contributed by atoms with Crippen LogP contribution in [0.3, 0.4) is 0 Å². The van der Waals surface area contributed by atoms with Gasteiger partial charge in [0, 0.05) is 26.2 Å². The second kappa shape index (κ2) is 8.29. The summed E-state index contributed by atoms with van der Waals surface area (Å²) in [6.45, 7) is 4.62. The molecule has 0 aliphatic rings. The summed E-state index contributed by atoms with van der Waals surface area (Å²) in [5.41, 5.74) is 5.33. The number of nitrogens with one attached hydrogen (secondary N) is 1. The molecule has 0 radical (unpaired) electrons. The summed E-state index contributed by atoms with van der Waals surface area (Å²) < 4.78 is 26.9. The second-order valence-electron chi connectivity index (χ2n) is 3.43. The van der Waals surface area contributed by atoms with E-state index in [9.17, 15) is 8.42 Å². The van der Waals surface area contributed by atoms with Crippen molar-refractivity contribution in [3.05, 3.63) is 0 Å². The third-order valence-corrected chi connectivity index (χ3v) is 3.64. The van der Waals surface area contributed by atoms with Crippen molar-refractivity contribution in [1.82, 2.24) is 9.03 Å². The molecule has 5 nitrogen and oxygen atoms in total. The zero-order valence-electron chi connectivity index (χ0n) is 9.56. The number of unbranched alkanes of at least 4 members (excludes halogenated alkanes) is 1. The third-order valence-electron chi connectivity index (χ3n) is 1.94. The smallest absolute Gasteiger partial charge is 0.279 e. The first-order valence-corrected chi connectivity index (χ1v) is 6.31. The minimum Gasteiger partial charge on any atom is -0.329 e. The summed E-state index contributed by atoms with van der Waals surface area (Å²) in [4.78, 5) is 0. The van der Waals surface area contributed by atoms with E-state index in [0.29, 0.717) is 13.1 Å². The topological polar surface area (TPSA) is 75.4 Å². The molecule has 0 spiro atoms. The maximum absolute atomic E-state index is 11.6. The van der Waals surface area contributed by atoms with Gasteiger partial charge in [-0.15, -0.1) is 12.4 Å². The average Bonchev–Trinajstić information content (AvgIpc) is 2.13. The maximum Gasteiger partial charge on any atom is 0.279 e. The molecule has 94 valence electrons. The van der Waals surface area contributed by atoms with Gasteiger partial charge in [-0.25, -0.2) is 0 Å². The van der Waals surface area contributed by atoms with Gasteiger partial charge >= 0.3 is 0 Å². The van der Waals surface area contributed by atoms with Crippen LogP contribution in [0.2, 0.25) is 0 Å². The van der Waals surface area contributed by atoms with Crippen LogP contribution in [0.15, 0.2) is 0 Å². The summed E-state index contributed by atoms with van der Waals surface area (Å²) in [6.07, 6.45) is 1.85. The number of nitrogens with zero attached hydrogens (tertiary/aromatic N) is 1. The van der Waals surface area contributed by atoms with Crippen LogP contribution < -0.4 is 10.5 Å². The van der Waals surface area contributed by atoms with Crippen molar-refractivity contribution in [1.29, 1.82) is 0 Å². The molecule has 0 aromatic rings. The highest BCUT2D eigenvalue weighted by Gasteiger charge is 2.18. The van der Waals surface area contributed by atoms with Crippen molar-refractivity contribution in [2.24, 2.45) is 5.73 Å². The number of hydrogen-bond donors (Lipinski definition) is 2. The summed E-state index contributed by atoms with van der Waals surface area (Å²) in [7, 11) is -1.77. The van der Waals surface area contributed by atoms with E-state index in [0.717, 1.165) is 12.8 Å². The molecule has 0 aromatic carbocycles. The zero-order valence-corrected chi connectivity index (χ0v) is 11.2. The molecular weight excluding hydrogens is 238 g/mol. The van der Waals surface area contributed by atoms with Crippen LogP contribution >= 0.6 is 12.4 Å². The van der Waals surface area contributed by atoms with E-state index in [-0.39, 0.29) is 18.4 Å². The van der Waals surface area contributed by atoms with Crippen molar-refractivity contribution in [2.45, 2.75) is 32.7 Å². The SMILES string of the molecule is CCCCN(C)S(=O)(=O)N[C@@H](C)CN.Cl. The van der Waals surface area contributed by atoms with E-state index < -0.39 is 10.2 Å². The summed E-state index contributed by atoms with van der Waals surface area (Å²) in [6, 6.07) is -0.218. The van der Waals surface area contributed by atoms with Crippen molar-refractivity contribution in [2.75, 3.05) is 20.1 Å². The molecule has 0 heterocycles. The quantitative estimate of drug-likeness (QED) is 0.692. The zero-order chi connectivity index (χ0) is 11.2. The highest BCUT2D eigenvalue weighted by atomic mass is 35.5. The Morgan fingerprint density at radius 2 is 2.00 bits per heavy atom. The van der Waals surface area contributed by atoms with Crippen LogP contribution in [-0.2, 0) is 10.2 Å². The normalized spacial score (nSPS) is 13.7. The van der Waals surface area contributed by atoms with Gasteiger partial charge in [-0.2, -0.15) is 17.4 Å². The van der Waals surface area contributed by atoms with Crippen molar-refractivity contribution in [3.63, 3.8) is 0 Å². The van der Waals surface area contributed by atoms with E-state index in [1.165, 1.54) is 4.31 Å². The molecule has 0 fully saturated rings. The molecule has 15 heavy (non-hydrogen) atoms. The molecule has 0 aromatic heterocycles. The van der Waals surface area contributed by atoms with Crippen LogP contribution in [0.1, 0.15) is 26.7 Å². The van der Waals surface area contributed by atoms with Gasteiger partial charge in [-0.3, -0.25) is 0 Å². The van der Waals surface area contributed by atoms with E-state index in [1.807, 2.05) is 6.92 Å². The Bertz CT molecular complexity index is 246. The third kappa shape index (κ3) is 7.08. The first kappa shape index (κ1) is 17.5. The molecule has 7 heteroatoms. The Kier molecular flexibility index (Phi) is 9.68. The molecule has 0 bridgehead atoms. The summed E-state index contributed by atoms with van der Waals surface area (Å²) in [5, 5.41) is 0. The molecule has 0 saturated carbocycles. The number of hydrogen-bond acceptors (Lipinski definition) is 3. The molecular formula is C8H22ClN3O2S. The van der Waals surface area contributed by atoms with Crippen molar-refractivity contribution >= 4 is 22.6 Å². The lowest BCUT2D eigenvalue weighted by Crippen LogP contribution is -2.45. The Hall–Kier alpha value is 0.120. The van der Waals surface area contributed by atoms with Crippen LogP contribution in [0.5, 0.6) is 0 Å². The number of nitrogens with two attached hydrogens (primary N) is 1. The average molecular weight is 260 g/mol. The summed E-state index contributed by atoms with van der Waals surface area (Å²) >= 11 is 0. The minimum atomic E-state index is -3.34. The lowest BCUT2D eigenvalue weighted by molar-refractivity contribution is 0.441. The van der Waals surface area contributed by atoms with Crippen LogP contribution in [-0.4, -0.2) is 38.9 Å². The Morgan fingerprint density at radius 1 is 1.47 bits per heavy atom. The maximum atomic E-state index is 11.6. The molecule has 0 unspecified atom stereocenters. The Labute approximate surface area is 99.0 Å². The minimum absolute atomic E-state index is 0. The molecule has 0 saturated heterocycles. The fraction of sp³-hybridized carbons (Fsp3) is 1.00. The molecule has 3 N–H and O–H groups in total. The molecule has 1 atom stereocenters. The second-order valence-corrected chi connectivity index (χ2v) is 5.24. The van der Waals surface area contributed by atoms with E-state index >= 15 is 0 Å². The van der Waals surface area contributed by atoms with Gasteiger partial charge in [-0.1, -0.05) is 13.3 Å². The fourth-order valence-electron chi connectivity index (χ4n) is 0.893. The van der Waals surface area contributed by atoms with Crippen molar-refractivity contribution in [3.8, 4) is 0 Å². The van der Waals surface area contributed by atoms with Gasteiger partial charge in [-0.05, 0) is 13.3 Å². The van der Waals surface area contributed by atoms with E-state index in [4.69, 9.17) is 5.73 Å². The van der Waals surface area contributed by atoms with Gasteiger partial charge in [0.1, 0.15) is 0 Å². The molecule has 0 aliphatic carbocycles. The van der Waals surface area contributed by atoms with E-state index in [1.54, 1.807) is 14.0 Å². The first-order chi connectivity index (χ1) is 6.44. The van der Waals surface area contributed by atoms with Gasteiger partial charge in [0.25, 0.3) is 10.2 Å². The van der Waals surface area contributed by atoms with Crippen molar-refractivity contribution < 1.29 is 8.42 Å². The highest BCUT2D eigenvalue weighted by Crippen LogP contribution is 1.98. The first-order valence-electron chi connectivity index (χ1n) is 4.87. The van der Waals surface area contributed by atoms with Crippen LogP contribution in [0, 0.1) is 0 Å². The Balaban J connectivity index is 0. The van der Waals surface area contributed by atoms with Gasteiger partial charge in [0.2, 0.25) is 0 Å². The monoisotopic (exact) mass is 259 g/mol. The fourth-order valence-corrected chi connectivity index (χ4v) is 2.05. The van der Waals surface area contributed by atoms with E-state index in [2.05, 4.69) is 4.72 Å². The molecule has 0 amide bonds. The van der Waals surface area contributed by atoms with Crippen LogP contribution in [0.25, 0.3) is 0 Å². The van der Waals surface area contributed by atoms with Gasteiger partial charge in [0.15, 0.2) is 0 Å². The van der Waals surface area contributed by atoms with Crippen LogP contribution in [0.4, 0.5) is 0 Å². The highest BCUT2D eigenvalue weighted by molar-refractivity contribution is 7.87. The lowest BCUT2D eigenvalue weighted by Gasteiger charge is -2.19. The largest absolute Gasteiger partial charge is 0.329 e. The number of halogens is 1. The summed E-state index contributed by atoms with van der Waals surface area (Å²) in [5.74, 6) is 0.